The zero-order valence-electron chi connectivity index (χ0n) is 18.1. The average Bonchev–Trinajstić information content (AvgIpc) is 3.13. The highest BCUT2D eigenvalue weighted by Crippen LogP contribution is 2.36. The number of anilines is 2. The Hall–Kier alpha value is -3.81. The van der Waals surface area contributed by atoms with Crippen molar-refractivity contribution in [2.45, 2.75) is 38.1 Å². The van der Waals surface area contributed by atoms with Gasteiger partial charge in [-0.25, -0.2) is 14.6 Å². The van der Waals surface area contributed by atoms with E-state index in [1.54, 1.807) is 23.3 Å². The Kier molecular flexibility index (Phi) is 5.26. The number of amides is 1. The number of aryl methyl sites for hydroxylation is 1. The Morgan fingerprint density at radius 1 is 1.16 bits per heavy atom. The van der Waals surface area contributed by atoms with Gasteiger partial charge in [-0.3, -0.25) is 9.78 Å². The number of fused-ring (bicyclic) bond motifs is 1. The zero-order chi connectivity index (χ0) is 22.1. The first-order valence-electron chi connectivity index (χ1n) is 10.8. The number of benzene rings is 1. The highest BCUT2D eigenvalue weighted by atomic mass is 16.1. The number of carbonyl (C=O) groups excluding carboxylic acids is 1. The molecule has 4 aromatic rings. The highest BCUT2D eigenvalue weighted by Gasteiger charge is 2.21. The lowest BCUT2D eigenvalue weighted by molar-refractivity contribution is 0.102. The van der Waals surface area contributed by atoms with Gasteiger partial charge in [0.25, 0.3) is 5.91 Å². The van der Waals surface area contributed by atoms with Gasteiger partial charge in [0.15, 0.2) is 5.65 Å². The zero-order valence-corrected chi connectivity index (χ0v) is 18.1. The number of hydrogen-bond donors (Lipinski definition) is 2. The van der Waals surface area contributed by atoms with E-state index >= 15 is 0 Å². The summed E-state index contributed by atoms with van der Waals surface area (Å²) in [7, 11) is 1.84. The van der Waals surface area contributed by atoms with Crippen LogP contribution in [0.5, 0.6) is 0 Å². The standard InChI is InChI=1S/C24H25N7O/c1-15(28-22-14-26-21-13-27-31(2)23(21)30-22)17-7-4-8-20(10-17)29-24(32)19-9-18(11-25-12-19)16-5-3-6-16/h4,7-16H,3,5-6H2,1-2H3,(H,28,30)(H,29,32)/t15-/m0/s1. The van der Waals surface area contributed by atoms with E-state index in [0.29, 0.717) is 17.3 Å². The van der Waals surface area contributed by atoms with Gasteiger partial charge in [-0.1, -0.05) is 18.6 Å². The Morgan fingerprint density at radius 3 is 2.84 bits per heavy atom. The van der Waals surface area contributed by atoms with Crippen molar-refractivity contribution in [1.82, 2.24) is 24.7 Å². The van der Waals surface area contributed by atoms with Gasteiger partial charge in [-0.15, -0.1) is 0 Å². The summed E-state index contributed by atoms with van der Waals surface area (Å²) in [6.45, 7) is 2.04. The normalized spacial score (nSPS) is 14.7. The van der Waals surface area contributed by atoms with Crippen LogP contribution in [0.4, 0.5) is 11.5 Å². The summed E-state index contributed by atoms with van der Waals surface area (Å²) in [6.07, 6.45) is 10.5. The van der Waals surface area contributed by atoms with E-state index in [2.05, 4.69) is 30.7 Å². The van der Waals surface area contributed by atoms with Crippen molar-refractivity contribution in [1.29, 1.82) is 0 Å². The van der Waals surface area contributed by atoms with Crippen molar-refractivity contribution >= 4 is 28.6 Å². The molecule has 1 fully saturated rings. The van der Waals surface area contributed by atoms with Crippen molar-refractivity contribution in [3.05, 3.63) is 71.8 Å². The molecule has 8 nitrogen and oxygen atoms in total. The Balaban J connectivity index is 1.29. The molecule has 1 aromatic carbocycles. The van der Waals surface area contributed by atoms with Crippen molar-refractivity contribution < 1.29 is 4.79 Å². The van der Waals surface area contributed by atoms with E-state index in [1.165, 1.54) is 19.3 Å². The summed E-state index contributed by atoms with van der Waals surface area (Å²) in [6, 6.07) is 9.74. The summed E-state index contributed by atoms with van der Waals surface area (Å²) < 4.78 is 1.70. The Morgan fingerprint density at radius 2 is 2.03 bits per heavy atom. The molecule has 0 aliphatic heterocycles. The fourth-order valence-corrected chi connectivity index (χ4v) is 3.92. The van der Waals surface area contributed by atoms with Gasteiger partial charge in [0.1, 0.15) is 11.3 Å². The Bertz CT molecular complexity index is 1280. The topological polar surface area (TPSA) is 97.6 Å². The van der Waals surface area contributed by atoms with Crippen molar-refractivity contribution in [3.8, 4) is 0 Å². The van der Waals surface area contributed by atoms with Gasteiger partial charge in [-0.05, 0) is 55.0 Å². The first-order valence-corrected chi connectivity index (χ1v) is 10.8. The second-order valence-corrected chi connectivity index (χ2v) is 8.31. The SMILES string of the molecule is C[C@H](Nc1cnc2cnn(C)c2n1)c1cccc(NC(=O)c2cncc(C3CCC3)c2)c1. The van der Waals surface area contributed by atoms with Crippen LogP contribution < -0.4 is 10.6 Å². The summed E-state index contributed by atoms with van der Waals surface area (Å²) in [5.41, 5.74) is 4.99. The third-order valence-electron chi connectivity index (χ3n) is 6.05. The molecule has 1 atom stereocenters. The van der Waals surface area contributed by atoms with Crippen molar-refractivity contribution in [2.75, 3.05) is 10.6 Å². The van der Waals surface area contributed by atoms with Gasteiger partial charge in [0.2, 0.25) is 0 Å². The van der Waals surface area contributed by atoms with E-state index in [-0.39, 0.29) is 11.9 Å². The molecule has 0 unspecified atom stereocenters. The minimum absolute atomic E-state index is 0.0320. The number of nitrogens with zero attached hydrogens (tertiary/aromatic N) is 5. The maximum atomic E-state index is 12.8. The Labute approximate surface area is 186 Å². The third-order valence-corrected chi connectivity index (χ3v) is 6.05. The van der Waals surface area contributed by atoms with Crippen molar-refractivity contribution in [3.63, 3.8) is 0 Å². The van der Waals surface area contributed by atoms with Crippen molar-refractivity contribution in [2.24, 2.45) is 7.05 Å². The molecule has 1 aliphatic rings. The van der Waals surface area contributed by atoms with E-state index in [4.69, 9.17) is 0 Å². The van der Waals surface area contributed by atoms with E-state index < -0.39 is 0 Å². The van der Waals surface area contributed by atoms with Crippen LogP contribution in [0.25, 0.3) is 11.2 Å². The minimum Gasteiger partial charge on any atom is -0.362 e. The quantitative estimate of drug-likeness (QED) is 0.472. The highest BCUT2D eigenvalue weighted by molar-refractivity contribution is 6.04. The van der Waals surface area contributed by atoms with Gasteiger partial charge in [0.05, 0.1) is 24.0 Å². The molecule has 0 radical (unpaired) electrons. The van der Waals surface area contributed by atoms with Gasteiger partial charge < -0.3 is 10.6 Å². The molecule has 1 saturated carbocycles. The number of hydrogen-bond acceptors (Lipinski definition) is 6. The van der Waals surface area contributed by atoms with Gasteiger partial charge >= 0.3 is 0 Å². The number of nitrogens with one attached hydrogen (secondary N) is 2. The second kappa shape index (κ2) is 8.37. The van der Waals surface area contributed by atoms with Crippen LogP contribution in [0.2, 0.25) is 0 Å². The van der Waals surface area contributed by atoms with Crippen LogP contribution >= 0.6 is 0 Å². The molecule has 162 valence electrons. The van der Waals surface area contributed by atoms with Crippen LogP contribution in [-0.4, -0.2) is 30.6 Å². The lowest BCUT2D eigenvalue weighted by Gasteiger charge is -2.25. The maximum Gasteiger partial charge on any atom is 0.257 e. The molecule has 1 aliphatic carbocycles. The largest absolute Gasteiger partial charge is 0.362 e. The number of carbonyl (C=O) groups is 1. The lowest BCUT2D eigenvalue weighted by Crippen LogP contribution is -2.15. The number of pyridine rings is 1. The second-order valence-electron chi connectivity index (χ2n) is 8.31. The van der Waals surface area contributed by atoms with Crippen LogP contribution in [0.15, 0.2) is 55.1 Å². The van der Waals surface area contributed by atoms with E-state index in [9.17, 15) is 4.79 Å². The molecular formula is C24H25N7O. The molecular weight excluding hydrogens is 402 g/mol. The number of aromatic nitrogens is 5. The smallest absolute Gasteiger partial charge is 0.257 e. The summed E-state index contributed by atoms with van der Waals surface area (Å²) in [5.74, 6) is 1.06. The lowest BCUT2D eigenvalue weighted by atomic mass is 9.80. The van der Waals surface area contributed by atoms with Gasteiger partial charge in [0, 0.05) is 25.1 Å². The first kappa shape index (κ1) is 20.1. The van der Waals surface area contributed by atoms with Crippen LogP contribution in [0, 0.1) is 0 Å². The summed E-state index contributed by atoms with van der Waals surface area (Å²) in [5, 5.41) is 10.6. The predicted octanol–water partition coefficient (Wildman–Crippen LogP) is 4.45. The number of rotatable bonds is 6. The maximum absolute atomic E-state index is 12.8. The summed E-state index contributed by atoms with van der Waals surface area (Å²) >= 11 is 0. The molecule has 1 amide bonds. The molecule has 32 heavy (non-hydrogen) atoms. The van der Waals surface area contributed by atoms with E-state index in [0.717, 1.165) is 28.0 Å². The fourth-order valence-electron chi connectivity index (χ4n) is 3.92. The fraction of sp³-hybridized carbons (Fsp3) is 0.292. The predicted molar refractivity (Wildman–Crippen MR) is 124 cm³/mol. The summed E-state index contributed by atoms with van der Waals surface area (Å²) in [4.78, 5) is 26.1. The minimum atomic E-state index is -0.149. The molecule has 3 aromatic heterocycles. The van der Waals surface area contributed by atoms with Gasteiger partial charge in [-0.2, -0.15) is 5.10 Å². The molecule has 5 rings (SSSR count). The molecule has 0 spiro atoms. The molecule has 0 saturated heterocycles. The van der Waals surface area contributed by atoms with Crippen LogP contribution in [-0.2, 0) is 7.05 Å². The molecule has 0 bridgehead atoms. The molecule has 8 heteroatoms. The molecule has 2 N–H and O–H groups in total. The van der Waals surface area contributed by atoms with Crippen LogP contribution in [0.3, 0.4) is 0 Å². The van der Waals surface area contributed by atoms with Crippen LogP contribution in [0.1, 0.15) is 59.6 Å². The monoisotopic (exact) mass is 427 g/mol. The van der Waals surface area contributed by atoms with E-state index in [1.807, 2.05) is 50.5 Å². The average molecular weight is 428 g/mol. The third kappa shape index (κ3) is 4.03. The molecule has 3 heterocycles. The first-order chi connectivity index (χ1) is 15.6.